The predicted octanol–water partition coefficient (Wildman–Crippen LogP) is 0.289. The smallest absolute Gasteiger partial charge is 0.239 e. The largest absolute Gasteiger partial charge is 0.354 e. The molecule has 0 heterocycles. The first-order valence-electron chi connectivity index (χ1n) is 8.96. The van der Waals surface area contributed by atoms with E-state index in [1.807, 2.05) is 13.8 Å². The molecule has 0 aromatic heterocycles. The topological polar surface area (TPSA) is 113 Å². The maximum absolute atomic E-state index is 11.8. The molecule has 1 fully saturated rings. The van der Waals surface area contributed by atoms with Gasteiger partial charge in [0.1, 0.15) is 0 Å². The normalized spacial score (nSPS) is 16.5. The van der Waals surface area contributed by atoms with E-state index < -0.39 is 6.04 Å². The molecule has 3 amide bonds. The zero-order valence-electron chi connectivity index (χ0n) is 14.9. The zero-order chi connectivity index (χ0) is 17.9. The monoisotopic (exact) mass is 340 g/mol. The number of carbonyl (C=O) groups excluding carboxylic acids is 3. The van der Waals surface area contributed by atoms with Gasteiger partial charge in [-0.2, -0.15) is 0 Å². The number of amides is 3. The predicted molar refractivity (Wildman–Crippen MR) is 93.0 cm³/mol. The molecule has 1 aliphatic carbocycles. The van der Waals surface area contributed by atoms with Crippen LogP contribution in [0.3, 0.4) is 0 Å². The van der Waals surface area contributed by atoms with Crippen molar-refractivity contribution in [3.63, 3.8) is 0 Å². The van der Waals surface area contributed by atoms with Crippen LogP contribution in [0.2, 0.25) is 0 Å². The second-order valence-corrected chi connectivity index (χ2v) is 6.90. The molecule has 1 atom stereocenters. The van der Waals surface area contributed by atoms with Crippen molar-refractivity contribution in [1.82, 2.24) is 16.0 Å². The van der Waals surface area contributed by atoms with E-state index in [-0.39, 0.29) is 30.2 Å². The highest BCUT2D eigenvalue weighted by Crippen LogP contribution is 2.25. The molecule has 0 saturated heterocycles. The van der Waals surface area contributed by atoms with Crippen molar-refractivity contribution in [3.8, 4) is 0 Å². The van der Waals surface area contributed by atoms with Crippen molar-refractivity contribution in [2.45, 2.75) is 58.4 Å². The van der Waals surface area contributed by atoms with Crippen LogP contribution < -0.4 is 21.7 Å². The lowest BCUT2D eigenvalue weighted by atomic mass is 9.87. The van der Waals surface area contributed by atoms with Crippen molar-refractivity contribution in [1.29, 1.82) is 0 Å². The molecule has 0 radical (unpaired) electrons. The van der Waals surface area contributed by atoms with Gasteiger partial charge >= 0.3 is 0 Å². The molecule has 138 valence electrons. The molecule has 7 heteroatoms. The molecule has 1 rings (SSSR count). The van der Waals surface area contributed by atoms with E-state index >= 15 is 0 Å². The van der Waals surface area contributed by atoms with Crippen LogP contribution in [0.4, 0.5) is 0 Å². The fraction of sp³-hybridized carbons (Fsp3) is 0.824. The van der Waals surface area contributed by atoms with Crippen molar-refractivity contribution >= 4 is 17.7 Å². The first kappa shape index (κ1) is 20.4. The van der Waals surface area contributed by atoms with Gasteiger partial charge in [-0.25, -0.2) is 0 Å². The Kier molecular flexibility index (Phi) is 9.37. The van der Waals surface area contributed by atoms with E-state index in [4.69, 9.17) is 5.73 Å². The van der Waals surface area contributed by atoms with Gasteiger partial charge in [0.05, 0.1) is 12.6 Å². The van der Waals surface area contributed by atoms with Gasteiger partial charge in [0.2, 0.25) is 17.7 Å². The summed E-state index contributed by atoms with van der Waals surface area (Å²) in [5, 5.41) is 7.98. The summed E-state index contributed by atoms with van der Waals surface area (Å²) in [4.78, 5) is 35.1. The Bertz CT molecular complexity index is 420. The fourth-order valence-corrected chi connectivity index (χ4v) is 2.78. The standard InChI is InChI=1S/C17H32N4O3/c1-12(2)16(18)17(24)21-11-15(23)20-9-8-19-14(22)10-13-6-4-3-5-7-13/h12-13,16H,3-11,18H2,1-2H3,(H,19,22)(H,20,23)(H,21,24)/t16-/m0/s1. The van der Waals surface area contributed by atoms with Crippen LogP contribution in [-0.2, 0) is 14.4 Å². The van der Waals surface area contributed by atoms with Crippen molar-refractivity contribution < 1.29 is 14.4 Å². The summed E-state index contributed by atoms with van der Waals surface area (Å²) < 4.78 is 0. The Balaban J connectivity index is 2.06. The highest BCUT2D eigenvalue weighted by atomic mass is 16.2. The number of nitrogens with one attached hydrogen (secondary N) is 3. The second kappa shape index (κ2) is 11.0. The Morgan fingerprint density at radius 2 is 1.54 bits per heavy atom. The molecule has 0 aliphatic heterocycles. The number of hydrogen-bond acceptors (Lipinski definition) is 4. The Morgan fingerprint density at radius 3 is 2.12 bits per heavy atom. The van der Waals surface area contributed by atoms with Gasteiger partial charge in [0, 0.05) is 19.5 Å². The third-order valence-corrected chi connectivity index (χ3v) is 4.41. The van der Waals surface area contributed by atoms with Crippen molar-refractivity contribution in [3.05, 3.63) is 0 Å². The Labute approximate surface area is 144 Å². The molecule has 0 bridgehead atoms. The van der Waals surface area contributed by atoms with Crippen LogP contribution in [0.25, 0.3) is 0 Å². The third-order valence-electron chi connectivity index (χ3n) is 4.41. The summed E-state index contributed by atoms with van der Waals surface area (Å²) in [5.41, 5.74) is 5.69. The zero-order valence-corrected chi connectivity index (χ0v) is 14.9. The molecule has 0 unspecified atom stereocenters. The van der Waals surface area contributed by atoms with Crippen molar-refractivity contribution in [2.24, 2.45) is 17.6 Å². The van der Waals surface area contributed by atoms with E-state index in [9.17, 15) is 14.4 Å². The first-order valence-corrected chi connectivity index (χ1v) is 8.96. The van der Waals surface area contributed by atoms with E-state index in [0.29, 0.717) is 25.4 Å². The van der Waals surface area contributed by atoms with Gasteiger partial charge in [-0.1, -0.05) is 33.1 Å². The summed E-state index contributed by atoms with van der Waals surface area (Å²) in [6, 6.07) is -0.614. The second-order valence-electron chi connectivity index (χ2n) is 6.90. The van der Waals surface area contributed by atoms with Gasteiger partial charge in [-0.05, 0) is 24.7 Å². The van der Waals surface area contributed by atoms with Gasteiger partial charge in [-0.15, -0.1) is 0 Å². The molecule has 5 N–H and O–H groups in total. The van der Waals surface area contributed by atoms with Gasteiger partial charge in [0.15, 0.2) is 0 Å². The minimum absolute atomic E-state index is 0.0208. The Hall–Kier alpha value is -1.63. The average Bonchev–Trinajstić information content (AvgIpc) is 2.56. The van der Waals surface area contributed by atoms with Crippen LogP contribution in [0, 0.1) is 11.8 Å². The lowest BCUT2D eigenvalue weighted by molar-refractivity contribution is -0.127. The van der Waals surface area contributed by atoms with Crippen LogP contribution in [-0.4, -0.2) is 43.4 Å². The third kappa shape index (κ3) is 8.29. The summed E-state index contributed by atoms with van der Waals surface area (Å²) in [6.07, 6.45) is 6.59. The fourth-order valence-electron chi connectivity index (χ4n) is 2.78. The van der Waals surface area contributed by atoms with Crippen molar-refractivity contribution in [2.75, 3.05) is 19.6 Å². The molecular formula is C17H32N4O3. The lowest BCUT2D eigenvalue weighted by Crippen LogP contribution is -2.47. The lowest BCUT2D eigenvalue weighted by Gasteiger charge is -2.20. The SMILES string of the molecule is CC(C)[C@H](N)C(=O)NCC(=O)NCCNC(=O)CC1CCCCC1. The number of rotatable bonds is 9. The number of hydrogen-bond donors (Lipinski definition) is 4. The van der Waals surface area contributed by atoms with Gasteiger partial charge in [-0.3, -0.25) is 14.4 Å². The van der Waals surface area contributed by atoms with E-state index in [0.717, 1.165) is 12.8 Å². The van der Waals surface area contributed by atoms with Gasteiger partial charge in [0.25, 0.3) is 0 Å². The maximum Gasteiger partial charge on any atom is 0.239 e. The highest BCUT2D eigenvalue weighted by Gasteiger charge is 2.18. The minimum atomic E-state index is -0.614. The maximum atomic E-state index is 11.8. The molecule has 7 nitrogen and oxygen atoms in total. The molecule has 1 saturated carbocycles. The first-order chi connectivity index (χ1) is 11.4. The van der Waals surface area contributed by atoms with Gasteiger partial charge < -0.3 is 21.7 Å². The van der Waals surface area contributed by atoms with Crippen LogP contribution in [0.5, 0.6) is 0 Å². The minimum Gasteiger partial charge on any atom is -0.354 e. The molecule has 0 aromatic carbocycles. The van der Waals surface area contributed by atoms with E-state index in [1.54, 1.807) is 0 Å². The molecule has 1 aliphatic rings. The van der Waals surface area contributed by atoms with Crippen LogP contribution in [0.15, 0.2) is 0 Å². The molecule has 0 spiro atoms. The summed E-state index contributed by atoms with van der Waals surface area (Å²) >= 11 is 0. The van der Waals surface area contributed by atoms with Crippen LogP contribution in [0.1, 0.15) is 52.4 Å². The average molecular weight is 340 g/mol. The summed E-state index contributed by atoms with van der Waals surface area (Å²) in [6.45, 7) is 4.34. The van der Waals surface area contributed by atoms with E-state index in [2.05, 4.69) is 16.0 Å². The van der Waals surface area contributed by atoms with E-state index in [1.165, 1.54) is 19.3 Å². The Morgan fingerprint density at radius 1 is 0.958 bits per heavy atom. The molecule has 0 aromatic rings. The molecule has 24 heavy (non-hydrogen) atoms. The number of nitrogens with two attached hydrogens (primary N) is 1. The quantitative estimate of drug-likeness (QED) is 0.452. The molecular weight excluding hydrogens is 308 g/mol. The highest BCUT2D eigenvalue weighted by molar-refractivity contribution is 5.87. The summed E-state index contributed by atoms with van der Waals surface area (Å²) in [7, 11) is 0. The number of carbonyl (C=O) groups is 3. The van der Waals surface area contributed by atoms with Crippen LogP contribution >= 0.6 is 0 Å². The summed E-state index contributed by atoms with van der Waals surface area (Å²) in [5.74, 6) is -0.0460.